The van der Waals surface area contributed by atoms with Gasteiger partial charge in [-0.05, 0) is 46.5 Å². The van der Waals surface area contributed by atoms with E-state index in [4.69, 9.17) is 0 Å². The standard InChI is InChI=1S/C18H27N3O2S/c1-5-15-13(4)19-18-20(17(15)23)9-14(10-24-18)16(22)21-11(2)7-6-8-12(21)3/h11-12,14H,5-10H2,1-4H3. The summed E-state index contributed by atoms with van der Waals surface area (Å²) in [4.78, 5) is 32.5. The molecule has 0 aliphatic carbocycles. The molecule has 0 spiro atoms. The Hall–Kier alpha value is -1.30. The summed E-state index contributed by atoms with van der Waals surface area (Å²) in [5, 5.41) is 0.762. The first-order valence-corrected chi connectivity index (χ1v) is 9.97. The van der Waals surface area contributed by atoms with Crippen LogP contribution >= 0.6 is 11.8 Å². The predicted molar refractivity (Wildman–Crippen MR) is 96.4 cm³/mol. The molecule has 1 fully saturated rings. The Labute approximate surface area is 147 Å². The van der Waals surface area contributed by atoms with Gasteiger partial charge in [-0.2, -0.15) is 0 Å². The van der Waals surface area contributed by atoms with Gasteiger partial charge in [-0.1, -0.05) is 18.7 Å². The van der Waals surface area contributed by atoms with E-state index in [-0.39, 0.29) is 17.4 Å². The van der Waals surface area contributed by atoms with Gasteiger partial charge in [0.15, 0.2) is 5.16 Å². The molecule has 3 atom stereocenters. The van der Waals surface area contributed by atoms with Gasteiger partial charge in [0, 0.05) is 35.6 Å². The molecule has 2 aliphatic heterocycles. The number of thioether (sulfide) groups is 1. The molecular weight excluding hydrogens is 322 g/mol. The molecule has 3 rings (SSSR count). The summed E-state index contributed by atoms with van der Waals surface area (Å²) >= 11 is 1.54. The van der Waals surface area contributed by atoms with Gasteiger partial charge in [0.1, 0.15) is 0 Å². The first kappa shape index (κ1) is 17.5. The van der Waals surface area contributed by atoms with Crippen LogP contribution in [0.4, 0.5) is 0 Å². The van der Waals surface area contributed by atoms with Crippen LogP contribution in [0.3, 0.4) is 0 Å². The third-order valence-corrected chi connectivity index (χ3v) is 6.54. The average Bonchev–Trinajstić information content (AvgIpc) is 2.54. The third-order valence-electron chi connectivity index (χ3n) is 5.40. The number of piperidine rings is 1. The molecule has 0 aromatic carbocycles. The highest BCUT2D eigenvalue weighted by Crippen LogP contribution is 2.30. The molecule has 132 valence electrons. The highest BCUT2D eigenvalue weighted by Gasteiger charge is 2.36. The Morgan fingerprint density at radius 3 is 2.58 bits per heavy atom. The zero-order chi connectivity index (χ0) is 17.4. The van der Waals surface area contributed by atoms with Crippen molar-refractivity contribution in [3.63, 3.8) is 0 Å². The Morgan fingerprint density at radius 1 is 1.29 bits per heavy atom. The lowest BCUT2D eigenvalue weighted by molar-refractivity contribution is -0.141. The summed E-state index contributed by atoms with van der Waals surface area (Å²) in [5.41, 5.74) is 1.63. The molecule has 2 aliphatic rings. The van der Waals surface area contributed by atoms with Gasteiger partial charge in [0.2, 0.25) is 5.91 Å². The molecule has 24 heavy (non-hydrogen) atoms. The van der Waals surface area contributed by atoms with Gasteiger partial charge in [-0.15, -0.1) is 0 Å². The van der Waals surface area contributed by atoms with Crippen LogP contribution in [0.5, 0.6) is 0 Å². The van der Waals surface area contributed by atoms with Crippen molar-refractivity contribution in [3.05, 3.63) is 21.6 Å². The van der Waals surface area contributed by atoms with Gasteiger partial charge >= 0.3 is 0 Å². The quantitative estimate of drug-likeness (QED) is 0.770. The van der Waals surface area contributed by atoms with Gasteiger partial charge in [-0.3, -0.25) is 14.2 Å². The summed E-state index contributed by atoms with van der Waals surface area (Å²) in [5.74, 6) is 0.794. The van der Waals surface area contributed by atoms with Crippen molar-refractivity contribution in [2.45, 2.75) is 77.2 Å². The maximum atomic E-state index is 13.1. The molecular formula is C18H27N3O2S. The molecule has 1 amide bonds. The number of fused-ring (bicyclic) bond motifs is 1. The molecule has 3 unspecified atom stereocenters. The van der Waals surface area contributed by atoms with Crippen LogP contribution in [0, 0.1) is 12.8 Å². The van der Waals surface area contributed by atoms with Crippen molar-refractivity contribution in [1.29, 1.82) is 0 Å². The lowest BCUT2D eigenvalue weighted by Gasteiger charge is -2.41. The third kappa shape index (κ3) is 3.01. The van der Waals surface area contributed by atoms with Crippen molar-refractivity contribution in [2.24, 2.45) is 5.92 Å². The van der Waals surface area contributed by atoms with Crippen LogP contribution in [0.1, 0.15) is 51.3 Å². The van der Waals surface area contributed by atoms with E-state index in [1.165, 1.54) is 6.42 Å². The number of nitrogens with zero attached hydrogens (tertiary/aromatic N) is 3. The molecule has 1 aromatic rings. The van der Waals surface area contributed by atoms with Crippen molar-refractivity contribution < 1.29 is 4.79 Å². The van der Waals surface area contributed by atoms with Crippen molar-refractivity contribution >= 4 is 17.7 Å². The van der Waals surface area contributed by atoms with Gasteiger partial charge < -0.3 is 4.90 Å². The first-order chi connectivity index (χ1) is 11.4. The fraction of sp³-hybridized carbons (Fsp3) is 0.722. The van der Waals surface area contributed by atoms with Gasteiger partial charge in [0.05, 0.1) is 5.92 Å². The molecule has 0 bridgehead atoms. The van der Waals surface area contributed by atoms with E-state index < -0.39 is 0 Å². The van der Waals surface area contributed by atoms with Crippen LogP contribution in [0.2, 0.25) is 0 Å². The number of hydrogen-bond donors (Lipinski definition) is 0. The summed E-state index contributed by atoms with van der Waals surface area (Å²) in [6, 6.07) is 0.596. The minimum atomic E-state index is -0.127. The van der Waals surface area contributed by atoms with Crippen LogP contribution in [-0.2, 0) is 17.8 Å². The predicted octanol–water partition coefficient (Wildman–Crippen LogP) is 2.63. The Morgan fingerprint density at radius 2 is 1.96 bits per heavy atom. The second-order valence-electron chi connectivity index (χ2n) is 7.11. The van der Waals surface area contributed by atoms with Crippen LogP contribution in [0.25, 0.3) is 0 Å². The van der Waals surface area contributed by atoms with E-state index in [1.54, 1.807) is 16.3 Å². The topological polar surface area (TPSA) is 55.2 Å². The van der Waals surface area contributed by atoms with E-state index in [9.17, 15) is 9.59 Å². The molecule has 0 N–H and O–H groups in total. The minimum Gasteiger partial charge on any atom is -0.337 e. The molecule has 0 radical (unpaired) electrons. The lowest BCUT2D eigenvalue weighted by atomic mass is 9.95. The second kappa shape index (κ2) is 6.90. The average molecular weight is 350 g/mol. The maximum Gasteiger partial charge on any atom is 0.257 e. The number of amides is 1. The van der Waals surface area contributed by atoms with E-state index in [0.29, 0.717) is 30.8 Å². The highest BCUT2D eigenvalue weighted by molar-refractivity contribution is 7.99. The van der Waals surface area contributed by atoms with E-state index in [0.717, 1.165) is 29.3 Å². The smallest absolute Gasteiger partial charge is 0.257 e. The highest BCUT2D eigenvalue weighted by atomic mass is 32.2. The van der Waals surface area contributed by atoms with E-state index in [2.05, 4.69) is 23.7 Å². The minimum absolute atomic E-state index is 0.0322. The summed E-state index contributed by atoms with van der Waals surface area (Å²) < 4.78 is 1.72. The Balaban J connectivity index is 1.87. The molecule has 5 nitrogen and oxygen atoms in total. The normalized spacial score (nSPS) is 27.0. The van der Waals surface area contributed by atoms with Crippen molar-refractivity contribution in [2.75, 3.05) is 5.75 Å². The summed E-state index contributed by atoms with van der Waals surface area (Å²) in [7, 11) is 0. The van der Waals surface area contributed by atoms with E-state index in [1.807, 2.05) is 13.8 Å². The maximum absolute atomic E-state index is 13.1. The number of rotatable bonds is 2. The lowest BCUT2D eigenvalue weighted by Crippen LogP contribution is -2.52. The number of carbonyl (C=O) groups excluding carboxylic acids is 1. The largest absolute Gasteiger partial charge is 0.337 e. The first-order valence-electron chi connectivity index (χ1n) is 8.99. The fourth-order valence-electron chi connectivity index (χ4n) is 4.02. The van der Waals surface area contributed by atoms with Crippen LogP contribution in [-0.4, -0.2) is 38.2 Å². The Kier molecular flexibility index (Phi) is 5.04. The van der Waals surface area contributed by atoms with E-state index >= 15 is 0 Å². The number of carbonyl (C=O) groups is 1. The van der Waals surface area contributed by atoms with Gasteiger partial charge in [-0.25, -0.2) is 4.98 Å². The SMILES string of the molecule is CCc1c(C)nc2n(c1=O)CC(C(=O)N1C(C)CCCC1C)CS2. The van der Waals surface area contributed by atoms with Crippen LogP contribution in [0.15, 0.2) is 9.95 Å². The zero-order valence-electron chi connectivity index (χ0n) is 15.0. The second-order valence-corrected chi connectivity index (χ2v) is 8.10. The number of aromatic nitrogens is 2. The van der Waals surface area contributed by atoms with Crippen molar-refractivity contribution in [1.82, 2.24) is 14.5 Å². The molecule has 3 heterocycles. The van der Waals surface area contributed by atoms with Crippen molar-refractivity contribution in [3.8, 4) is 0 Å². The Bertz CT molecular complexity index is 690. The fourth-order valence-corrected chi connectivity index (χ4v) is 5.13. The molecule has 1 saturated heterocycles. The summed E-state index contributed by atoms with van der Waals surface area (Å²) in [6.45, 7) is 8.63. The molecule has 6 heteroatoms. The molecule has 0 saturated carbocycles. The zero-order valence-corrected chi connectivity index (χ0v) is 15.9. The number of aryl methyl sites for hydroxylation is 1. The monoisotopic (exact) mass is 349 g/mol. The number of hydrogen-bond acceptors (Lipinski definition) is 4. The number of likely N-dealkylation sites (tertiary alicyclic amines) is 1. The molecule has 1 aromatic heterocycles. The van der Waals surface area contributed by atoms with Crippen LogP contribution < -0.4 is 5.56 Å². The van der Waals surface area contributed by atoms with Gasteiger partial charge in [0.25, 0.3) is 5.56 Å². The summed E-state index contributed by atoms with van der Waals surface area (Å²) in [6.07, 6.45) is 4.03.